The molecule has 3 aromatic rings. The molecule has 0 N–H and O–H groups in total. The number of rotatable bonds is 5. The lowest BCUT2D eigenvalue weighted by atomic mass is 10.4. The molecule has 0 atom stereocenters. The molecule has 0 amide bonds. The first-order valence-electron chi connectivity index (χ1n) is 7.54. The Balaban J connectivity index is 0.00000192. The zero-order chi connectivity index (χ0) is 15.3. The minimum Gasteiger partial charge on any atom is -1.00 e. The van der Waals surface area contributed by atoms with Gasteiger partial charge in [-0.15, -0.1) is 0 Å². The molecular weight excluding hydrogens is 410 g/mol. The molecular formula is C21H20IP. The third-order valence-electron chi connectivity index (χ3n) is 3.99. The molecule has 0 aliphatic carbocycles. The summed E-state index contributed by atoms with van der Waals surface area (Å²) >= 11 is 0. The highest BCUT2D eigenvalue weighted by molar-refractivity contribution is 7.95. The largest absolute Gasteiger partial charge is 1.00 e. The summed E-state index contributed by atoms with van der Waals surface area (Å²) < 4.78 is 0. The first-order chi connectivity index (χ1) is 10.9. The van der Waals surface area contributed by atoms with Crippen molar-refractivity contribution >= 4 is 23.2 Å². The molecule has 0 aliphatic rings. The lowest BCUT2D eigenvalue weighted by molar-refractivity contribution is -0.00000425. The smallest absolute Gasteiger partial charge is 0.115 e. The second kappa shape index (κ2) is 8.42. The lowest BCUT2D eigenvalue weighted by Crippen LogP contribution is -3.00. The van der Waals surface area contributed by atoms with Crippen molar-refractivity contribution in [2.24, 2.45) is 0 Å². The zero-order valence-corrected chi connectivity index (χ0v) is 16.0. The molecule has 23 heavy (non-hydrogen) atoms. The number of allylic oxidation sites excluding steroid dienone is 1. The predicted octanol–water partition coefficient (Wildman–Crippen LogP) is 1.17. The molecule has 0 spiro atoms. The Hall–Kier alpha value is -1.44. The predicted molar refractivity (Wildman–Crippen MR) is 100 cm³/mol. The summed E-state index contributed by atoms with van der Waals surface area (Å²) in [5.74, 6) is 0. The fourth-order valence-corrected chi connectivity index (χ4v) is 6.96. The SMILES string of the molecule is C=CC[P+](c1ccccc1)(c1ccccc1)c1ccccc1.[I-]. The van der Waals surface area contributed by atoms with E-state index >= 15 is 0 Å². The molecule has 0 aromatic heterocycles. The van der Waals surface area contributed by atoms with Crippen molar-refractivity contribution < 1.29 is 24.0 Å². The van der Waals surface area contributed by atoms with Crippen LogP contribution in [-0.4, -0.2) is 6.16 Å². The Kier molecular flexibility index (Phi) is 6.56. The molecule has 0 saturated heterocycles. The van der Waals surface area contributed by atoms with Gasteiger partial charge in [-0.2, -0.15) is 0 Å². The Morgan fingerprint density at radius 1 is 0.609 bits per heavy atom. The van der Waals surface area contributed by atoms with Crippen molar-refractivity contribution in [3.05, 3.63) is 104 Å². The quantitative estimate of drug-likeness (QED) is 0.324. The second-order valence-corrected chi connectivity index (χ2v) is 8.82. The van der Waals surface area contributed by atoms with E-state index in [0.29, 0.717) is 0 Å². The van der Waals surface area contributed by atoms with Crippen LogP contribution in [0.1, 0.15) is 0 Å². The van der Waals surface area contributed by atoms with Gasteiger partial charge in [0.25, 0.3) is 0 Å². The average Bonchev–Trinajstić information content (AvgIpc) is 2.62. The van der Waals surface area contributed by atoms with Gasteiger partial charge in [-0.1, -0.05) is 67.3 Å². The van der Waals surface area contributed by atoms with Crippen molar-refractivity contribution in [1.29, 1.82) is 0 Å². The molecule has 0 bridgehead atoms. The number of benzene rings is 3. The van der Waals surface area contributed by atoms with E-state index in [0.717, 1.165) is 6.16 Å². The summed E-state index contributed by atoms with van der Waals surface area (Å²) in [5.41, 5.74) is 0. The summed E-state index contributed by atoms with van der Waals surface area (Å²) in [4.78, 5) is 0. The fraction of sp³-hybridized carbons (Fsp3) is 0.0476. The third kappa shape index (κ3) is 3.57. The highest BCUT2D eigenvalue weighted by Gasteiger charge is 2.43. The van der Waals surface area contributed by atoms with E-state index in [1.54, 1.807) is 0 Å². The van der Waals surface area contributed by atoms with Crippen LogP contribution in [0.5, 0.6) is 0 Å². The Labute approximate surface area is 156 Å². The standard InChI is InChI=1S/C21H20P.HI/c1-2-18-22(19-12-6-3-7-13-19,20-14-8-4-9-15-20)21-16-10-5-11-17-21;/h2-17H,1,18H2;1H/q+1;/p-1. The maximum atomic E-state index is 4.05. The monoisotopic (exact) mass is 430 g/mol. The van der Waals surface area contributed by atoms with Crippen LogP contribution in [0.15, 0.2) is 104 Å². The van der Waals surface area contributed by atoms with E-state index in [4.69, 9.17) is 0 Å². The molecule has 0 nitrogen and oxygen atoms in total. The molecule has 0 aliphatic heterocycles. The van der Waals surface area contributed by atoms with Crippen molar-refractivity contribution in [2.75, 3.05) is 6.16 Å². The molecule has 0 fully saturated rings. The maximum Gasteiger partial charge on any atom is 0.115 e. The van der Waals surface area contributed by atoms with Crippen molar-refractivity contribution in [2.45, 2.75) is 0 Å². The first kappa shape index (κ1) is 17.9. The third-order valence-corrected chi connectivity index (χ3v) is 8.34. The van der Waals surface area contributed by atoms with Crippen molar-refractivity contribution in [1.82, 2.24) is 0 Å². The molecule has 3 rings (SSSR count). The van der Waals surface area contributed by atoms with Gasteiger partial charge in [0, 0.05) is 0 Å². The van der Waals surface area contributed by atoms with Crippen LogP contribution in [0, 0.1) is 0 Å². The molecule has 2 heteroatoms. The summed E-state index contributed by atoms with van der Waals surface area (Å²) in [6.45, 7) is 4.05. The highest BCUT2D eigenvalue weighted by Crippen LogP contribution is 2.55. The van der Waals surface area contributed by atoms with Gasteiger partial charge in [0.2, 0.25) is 0 Å². The van der Waals surface area contributed by atoms with Gasteiger partial charge < -0.3 is 24.0 Å². The molecule has 3 aromatic carbocycles. The van der Waals surface area contributed by atoms with Crippen LogP contribution in [0.2, 0.25) is 0 Å². The van der Waals surface area contributed by atoms with Gasteiger partial charge in [-0.05, 0) is 36.4 Å². The van der Waals surface area contributed by atoms with E-state index in [-0.39, 0.29) is 24.0 Å². The maximum absolute atomic E-state index is 4.05. The molecule has 116 valence electrons. The Morgan fingerprint density at radius 3 is 1.17 bits per heavy atom. The van der Waals surface area contributed by atoms with Crippen LogP contribution in [0.3, 0.4) is 0 Å². The first-order valence-corrected chi connectivity index (χ1v) is 9.51. The number of hydrogen-bond acceptors (Lipinski definition) is 0. The van der Waals surface area contributed by atoms with Gasteiger partial charge in [-0.25, -0.2) is 0 Å². The van der Waals surface area contributed by atoms with Crippen LogP contribution in [-0.2, 0) is 0 Å². The van der Waals surface area contributed by atoms with Crippen LogP contribution < -0.4 is 39.9 Å². The highest BCUT2D eigenvalue weighted by atomic mass is 127. The molecule has 0 saturated carbocycles. The van der Waals surface area contributed by atoms with Crippen LogP contribution >= 0.6 is 7.26 Å². The summed E-state index contributed by atoms with van der Waals surface area (Å²) in [5, 5.41) is 4.23. The normalized spacial score (nSPS) is 10.6. The second-order valence-electron chi connectivity index (χ2n) is 5.29. The number of hydrogen-bond donors (Lipinski definition) is 0. The summed E-state index contributed by atoms with van der Waals surface area (Å²) in [6.07, 6.45) is 3.05. The molecule has 0 unspecified atom stereocenters. The fourth-order valence-electron chi connectivity index (χ4n) is 3.00. The van der Waals surface area contributed by atoms with Crippen LogP contribution in [0.4, 0.5) is 0 Å². The minimum absolute atomic E-state index is 0. The van der Waals surface area contributed by atoms with E-state index in [2.05, 4.69) is 104 Å². The Morgan fingerprint density at radius 2 is 0.913 bits per heavy atom. The number of halogens is 1. The van der Waals surface area contributed by atoms with Crippen molar-refractivity contribution in [3.8, 4) is 0 Å². The Bertz CT molecular complexity index is 627. The van der Waals surface area contributed by atoms with E-state index in [1.165, 1.54) is 15.9 Å². The van der Waals surface area contributed by atoms with Crippen molar-refractivity contribution in [3.63, 3.8) is 0 Å². The lowest BCUT2D eigenvalue weighted by Gasteiger charge is -2.26. The van der Waals surface area contributed by atoms with Gasteiger partial charge in [0.15, 0.2) is 0 Å². The van der Waals surface area contributed by atoms with Gasteiger partial charge in [0.05, 0.1) is 6.16 Å². The molecule has 0 heterocycles. The van der Waals surface area contributed by atoms with Gasteiger partial charge in [0.1, 0.15) is 23.2 Å². The van der Waals surface area contributed by atoms with Crippen LogP contribution in [0.25, 0.3) is 0 Å². The summed E-state index contributed by atoms with van der Waals surface area (Å²) in [7, 11) is -1.67. The molecule has 0 radical (unpaired) electrons. The van der Waals surface area contributed by atoms with E-state index < -0.39 is 7.26 Å². The average molecular weight is 430 g/mol. The topological polar surface area (TPSA) is 0 Å². The summed E-state index contributed by atoms with van der Waals surface area (Å²) in [6, 6.07) is 32.7. The zero-order valence-electron chi connectivity index (χ0n) is 13.0. The van der Waals surface area contributed by atoms with E-state index in [1.807, 2.05) is 0 Å². The van der Waals surface area contributed by atoms with Gasteiger partial charge >= 0.3 is 0 Å². The minimum atomic E-state index is -1.67. The van der Waals surface area contributed by atoms with Gasteiger partial charge in [-0.3, -0.25) is 0 Å². The van der Waals surface area contributed by atoms with E-state index in [9.17, 15) is 0 Å².